The first kappa shape index (κ1) is 20.2. The number of aliphatic hydroxyl groups excluding tert-OH is 1. The van der Waals surface area contributed by atoms with E-state index < -0.39 is 5.41 Å². The van der Waals surface area contributed by atoms with E-state index in [4.69, 9.17) is 5.11 Å². The normalized spacial score (nSPS) is 18.5. The Balaban J connectivity index is 1.68. The van der Waals surface area contributed by atoms with E-state index in [0.29, 0.717) is 30.9 Å². The van der Waals surface area contributed by atoms with Crippen LogP contribution in [-0.2, 0) is 16.1 Å². The minimum atomic E-state index is -0.990. The van der Waals surface area contributed by atoms with Crippen LogP contribution in [0.15, 0.2) is 24.7 Å². The summed E-state index contributed by atoms with van der Waals surface area (Å²) in [6.45, 7) is 2.33. The van der Waals surface area contributed by atoms with Gasteiger partial charge in [-0.1, -0.05) is 6.92 Å². The van der Waals surface area contributed by atoms with Gasteiger partial charge in [0.2, 0.25) is 17.8 Å². The van der Waals surface area contributed by atoms with Gasteiger partial charge in [0.05, 0.1) is 24.6 Å². The molecular weight excluding hydrogens is 376 g/mol. The predicted octanol–water partition coefficient (Wildman–Crippen LogP) is 0.182. The fourth-order valence-electron chi connectivity index (χ4n) is 3.10. The van der Waals surface area contributed by atoms with E-state index in [1.165, 1.54) is 22.0 Å². The molecular formula is C18H22N8O3. The number of rotatable bonds is 8. The smallest absolute Gasteiger partial charge is 0.248 e. The SMILES string of the molecule is CC[C@]1(C#N)CCN(c2ccnc(Nc3cnn(CC(=O)NCCO)c3)n2)C1=O. The number of anilines is 3. The number of nitrogens with one attached hydrogen (secondary N) is 2. The van der Waals surface area contributed by atoms with Crippen molar-refractivity contribution in [2.45, 2.75) is 26.3 Å². The lowest BCUT2D eigenvalue weighted by Gasteiger charge is -2.19. The summed E-state index contributed by atoms with van der Waals surface area (Å²) in [7, 11) is 0. The Bertz CT molecular complexity index is 937. The summed E-state index contributed by atoms with van der Waals surface area (Å²) in [6.07, 6.45) is 5.60. The molecule has 3 heterocycles. The van der Waals surface area contributed by atoms with Crippen LogP contribution in [-0.4, -0.2) is 56.4 Å². The third-order valence-electron chi connectivity index (χ3n) is 4.78. The van der Waals surface area contributed by atoms with Gasteiger partial charge in [0.15, 0.2) is 0 Å². The molecule has 0 spiro atoms. The summed E-state index contributed by atoms with van der Waals surface area (Å²) in [6, 6.07) is 3.78. The molecule has 3 N–H and O–H groups in total. The highest BCUT2D eigenvalue weighted by atomic mass is 16.3. The number of carbonyl (C=O) groups excluding carboxylic acids is 2. The first-order valence-electron chi connectivity index (χ1n) is 9.24. The van der Waals surface area contributed by atoms with Crippen molar-refractivity contribution in [3.05, 3.63) is 24.7 Å². The molecule has 0 unspecified atom stereocenters. The second-order valence-corrected chi connectivity index (χ2v) is 6.62. The molecule has 152 valence electrons. The molecule has 11 heteroatoms. The topological polar surface area (TPSA) is 149 Å². The van der Waals surface area contributed by atoms with E-state index in [1.807, 2.05) is 6.92 Å². The fraction of sp³-hybridized carbons (Fsp3) is 0.444. The van der Waals surface area contributed by atoms with Crippen LogP contribution in [0.5, 0.6) is 0 Å². The van der Waals surface area contributed by atoms with E-state index in [2.05, 4.69) is 31.8 Å². The molecule has 1 fully saturated rings. The third kappa shape index (κ3) is 4.33. The summed E-state index contributed by atoms with van der Waals surface area (Å²) in [4.78, 5) is 34.4. The summed E-state index contributed by atoms with van der Waals surface area (Å²) < 4.78 is 1.44. The maximum absolute atomic E-state index is 12.7. The molecule has 1 aliphatic rings. The van der Waals surface area contributed by atoms with Crippen molar-refractivity contribution in [3.63, 3.8) is 0 Å². The molecule has 1 aliphatic heterocycles. The lowest BCUT2D eigenvalue weighted by atomic mass is 9.85. The van der Waals surface area contributed by atoms with Gasteiger partial charge in [-0.3, -0.25) is 19.2 Å². The lowest BCUT2D eigenvalue weighted by Crippen LogP contribution is -2.33. The quantitative estimate of drug-likeness (QED) is 0.570. The van der Waals surface area contributed by atoms with E-state index in [0.717, 1.165) is 0 Å². The van der Waals surface area contributed by atoms with Crippen LogP contribution in [0.2, 0.25) is 0 Å². The number of aliphatic hydroxyl groups is 1. The molecule has 0 saturated carbocycles. The molecule has 1 saturated heterocycles. The zero-order valence-corrected chi connectivity index (χ0v) is 16.0. The Kier molecular flexibility index (Phi) is 6.04. The molecule has 3 rings (SSSR count). The highest BCUT2D eigenvalue weighted by molar-refractivity contribution is 6.01. The van der Waals surface area contributed by atoms with Crippen LogP contribution in [0.25, 0.3) is 0 Å². The van der Waals surface area contributed by atoms with E-state index in [-0.39, 0.29) is 37.5 Å². The van der Waals surface area contributed by atoms with Gasteiger partial charge in [-0.2, -0.15) is 15.3 Å². The van der Waals surface area contributed by atoms with Crippen LogP contribution in [0, 0.1) is 16.7 Å². The Hall–Kier alpha value is -3.52. The number of nitrogens with zero attached hydrogens (tertiary/aromatic N) is 6. The average Bonchev–Trinajstić information content (AvgIpc) is 3.30. The fourth-order valence-corrected chi connectivity index (χ4v) is 3.10. The molecule has 0 bridgehead atoms. The minimum absolute atomic E-state index is 0.0120. The Morgan fingerprint density at radius 3 is 3.00 bits per heavy atom. The predicted molar refractivity (Wildman–Crippen MR) is 103 cm³/mol. The van der Waals surface area contributed by atoms with Gasteiger partial charge in [-0.25, -0.2) is 4.98 Å². The van der Waals surface area contributed by atoms with Gasteiger partial charge in [-0.15, -0.1) is 0 Å². The van der Waals surface area contributed by atoms with Crippen LogP contribution in [0.4, 0.5) is 17.5 Å². The molecule has 11 nitrogen and oxygen atoms in total. The largest absolute Gasteiger partial charge is 0.395 e. The van der Waals surface area contributed by atoms with Gasteiger partial charge < -0.3 is 15.7 Å². The second-order valence-electron chi connectivity index (χ2n) is 6.62. The van der Waals surface area contributed by atoms with Crippen molar-refractivity contribution < 1.29 is 14.7 Å². The summed E-state index contributed by atoms with van der Waals surface area (Å²) in [5.41, 5.74) is -0.416. The number of aromatic nitrogens is 4. The maximum Gasteiger partial charge on any atom is 0.248 e. The maximum atomic E-state index is 12.7. The van der Waals surface area contributed by atoms with Crippen molar-refractivity contribution in [2.75, 3.05) is 29.9 Å². The third-order valence-corrected chi connectivity index (χ3v) is 4.78. The molecule has 0 radical (unpaired) electrons. The van der Waals surface area contributed by atoms with Crippen molar-refractivity contribution >= 4 is 29.3 Å². The first-order valence-corrected chi connectivity index (χ1v) is 9.24. The lowest BCUT2D eigenvalue weighted by molar-refractivity contribution is -0.123. The second kappa shape index (κ2) is 8.66. The van der Waals surface area contributed by atoms with Crippen molar-refractivity contribution in [1.82, 2.24) is 25.1 Å². The monoisotopic (exact) mass is 398 g/mol. The average molecular weight is 398 g/mol. The zero-order valence-electron chi connectivity index (χ0n) is 16.0. The summed E-state index contributed by atoms with van der Waals surface area (Å²) in [5.74, 6) is 0.185. The Labute approximate surface area is 167 Å². The molecule has 0 aliphatic carbocycles. The molecule has 1 atom stereocenters. The van der Waals surface area contributed by atoms with Gasteiger partial charge in [0, 0.05) is 25.5 Å². The number of carbonyl (C=O) groups is 2. The van der Waals surface area contributed by atoms with Crippen LogP contribution in [0.1, 0.15) is 19.8 Å². The van der Waals surface area contributed by atoms with E-state index in [9.17, 15) is 14.9 Å². The minimum Gasteiger partial charge on any atom is -0.395 e. The number of nitriles is 1. The summed E-state index contributed by atoms with van der Waals surface area (Å²) in [5, 5.41) is 27.8. The van der Waals surface area contributed by atoms with Crippen LogP contribution in [0.3, 0.4) is 0 Å². The van der Waals surface area contributed by atoms with Gasteiger partial charge >= 0.3 is 0 Å². The first-order chi connectivity index (χ1) is 14.0. The molecule has 2 aromatic rings. The van der Waals surface area contributed by atoms with Crippen LogP contribution < -0.4 is 15.5 Å². The molecule has 29 heavy (non-hydrogen) atoms. The molecule has 2 aromatic heterocycles. The zero-order chi connectivity index (χ0) is 20.9. The Morgan fingerprint density at radius 2 is 2.31 bits per heavy atom. The van der Waals surface area contributed by atoms with E-state index >= 15 is 0 Å². The van der Waals surface area contributed by atoms with Crippen molar-refractivity contribution in [2.24, 2.45) is 5.41 Å². The van der Waals surface area contributed by atoms with Crippen molar-refractivity contribution in [3.8, 4) is 6.07 Å². The molecule has 2 amide bonds. The van der Waals surface area contributed by atoms with Gasteiger partial charge in [-0.05, 0) is 18.9 Å². The number of hydrogen-bond donors (Lipinski definition) is 3. The van der Waals surface area contributed by atoms with Gasteiger partial charge in [0.25, 0.3) is 0 Å². The number of amides is 2. The molecule has 0 aromatic carbocycles. The van der Waals surface area contributed by atoms with Crippen molar-refractivity contribution in [1.29, 1.82) is 5.26 Å². The standard InChI is InChI=1S/C18H22N8O3/c1-2-18(12-19)4-7-26(16(18)29)14-3-5-21-17(24-14)23-13-9-22-25(10-13)11-15(28)20-6-8-27/h3,5,9-10,27H,2,4,6-8,11H2,1H3,(H,20,28)(H,21,23,24)/t18-/m1/s1. The number of hydrogen-bond acceptors (Lipinski definition) is 8. The highest BCUT2D eigenvalue weighted by Crippen LogP contribution is 2.36. The van der Waals surface area contributed by atoms with E-state index in [1.54, 1.807) is 12.3 Å². The highest BCUT2D eigenvalue weighted by Gasteiger charge is 2.46. The summed E-state index contributed by atoms with van der Waals surface area (Å²) >= 11 is 0. The van der Waals surface area contributed by atoms with Gasteiger partial charge in [0.1, 0.15) is 17.8 Å². The Morgan fingerprint density at radius 1 is 1.48 bits per heavy atom. The van der Waals surface area contributed by atoms with Crippen LogP contribution >= 0.6 is 0 Å².